The number of alkyl halides is 2. The van der Waals surface area contributed by atoms with Crippen LogP contribution in [0.15, 0.2) is 36.4 Å². The fourth-order valence-corrected chi connectivity index (χ4v) is 4.40. The summed E-state index contributed by atoms with van der Waals surface area (Å²) in [6.07, 6.45) is 0. The third-order valence-corrected chi connectivity index (χ3v) is 6.59. The Morgan fingerprint density at radius 3 is 2.61 bits per heavy atom. The number of anilines is 1. The number of carbonyl (C=O) groups is 1. The molecule has 0 radical (unpaired) electrons. The molecule has 4 rings (SSSR count). The van der Waals surface area contributed by atoms with E-state index in [0.717, 1.165) is 29.9 Å². The third kappa shape index (κ3) is 4.82. The van der Waals surface area contributed by atoms with Crippen molar-refractivity contribution in [2.45, 2.75) is 51.7 Å². The summed E-state index contributed by atoms with van der Waals surface area (Å²) in [6, 6.07) is 10.7. The minimum atomic E-state index is -2.95. The van der Waals surface area contributed by atoms with Gasteiger partial charge in [-0.25, -0.2) is 0 Å². The van der Waals surface area contributed by atoms with Crippen molar-refractivity contribution >= 4 is 11.6 Å². The summed E-state index contributed by atoms with van der Waals surface area (Å²) in [5.41, 5.74) is 3.51. The lowest BCUT2D eigenvalue weighted by Crippen LogP contribution is -2.57. The first-order valence-corrected chi connectivity index (χ1v) is 11.1. The molecule has 2 aliphatic rings. The summed E-state index contributed by atoms with van der Waals surface area (Å²) in [6.45, 7) is 4.91. The number of nitrogens with zero attached hydrogens (tertiary/aromatic N) is 2. The van der Waals surface area contributed by atoms with Gasteiger partial charge in [0.2, 0.25) is 0 Å². The zero-order valence-corrected chi connectivity index (χ0v) is 19.7. The van der Waals surface area contributed by atoms with Crippen LogP contribution in [0.25, 0.3) is 0 Å². The zero-order valence-electron chi connectivity index (χ0n) is 19.7. The van der Waals surface area contributed by atoms with E-state index in [1.807, 2.05) is 46.1 Å². The number of benzene rings is 2. The van der Waals surface area contributed by atoms with Gasteiger partial charge in [-0.05, 0) is 64.2 Å². The minimum absolute atomic E-state index is 0.0766. The number of nitrogens with one attached hydrogen (secondary N) is 1. The first-order valence-electron chi connectivity index (χ1n) is 11.1. The van der Waals surface area contributed by atoms with E-state index in [1.54, 1.807) is 25.1 Å². The van der Waals surface area contributed by atoms with Gasteiger partial charge in [0.1, 0.15) is 5.75 Å². The second-order valence-corrected chi connectivity index (χ2v) is 9.49. The SMILES string of the molecule is C[C@H](NC(=O)c1ccc2c(c1)COC2(C)C)c1ccc(N2CC(N(C)C)C2)cc1OC(F)F. The van der Waals surface area contributed by atoms with Crippen LogP contribution in [0, 0.1) is 0 Å². The lowest BCUT2D eigenvalue weighted by molar-refractivity contribution is -0.0506. The Labute approximate surface area is 193 Å². The van der Waals surface area contributed by atoms with Crippen LogP contribution in [0.3, 0.4) is 0 Å². The van der Waals surface area contributed by atoms with Crippen molar-refractivity contribution in [3.05, 3.63) is 58.7 Å². The molecule has 0 saturated carbocycles. The molecule has 178 valence electrons. The lowest BCUT2D eigenvalue weighted by Gasteiger charge is -2.44. The van der Waals surface area contributed by atoms with Gasteiger partial charge in [0.15, 0.2) is 0 Å². The molecule has 1 atom stereocenters. The molecule has 2 aromatic rings. The number of ether oxygens (including phenoxy) is 2. The van der Waals surface area contributed by atoms with Crippen molar-refractivity contribution in [2.24, 2.45) is 0 Å². The summed E-state index contributed by atoms with van der Waals surface area (Å²) < 4.78 is 36.9. The second kappa shape index (κ2) is 8.91. The number of carbonyl (C=O) groups excluding carboxylic acids is 1. The van der Waals surface area contributed by atoms with Gasteiger partial charge in [0.25, 0.3) is 5.91 Å². The molecule has 2 aromatic carbocycles. The van der Waals surface area contributed by atoms with Crippen LogP contribution >= 0.6 is 0 Å². The van der Waals surface area contributed by atoms with Gasteiger partial charge in [-0.15, -0.1) is 0 Å². The quantitative estimate of drug-likeness (QED) is 0.669. The van der Waals surface area contributed by atoms with Crippen molar-refractivity contribution in [1.82, 2.24) is 10.2 Å². The first kappa shape index (κ1) is 23.4. The molecule has 0 aromatic heterocycles. The van der Waals surface area contributed by atoms with Crippen LogP contribution in [-0.2, 0) is 16.9 Å². The molecule has 0 bridgehead atoms. The highest BCUT2D eigenvalue weighted by Gasteiger charge is 2.32. The normalized spacial score (nSPS) is 18.3. The molecule has 1 saturated heterocycles. The molecular weight excluding hydrogens is 428 g/mol. The number of amides is 1. The number of hydrogen-bond donors (Lipinski definition) is 1. The predicted octanol–water partition coefficient (Wildman–Crippen LogP) is 4.29. The Hall–Kier alpha value is -2.71. The molecule has 1 amide bonds. The molecule has 0 spiro atoms. The van der Waals surface area contributed by atoms with E-state index in [1.165, 1.54) is 0 Å². The van der Waals surface area contributed by atoms with Crippen LogP contribution in [0.1, 0.15) is 53.9 Å². The monoisotopic (exact) mass is 459 g/mol. The van der Waals surface area contributed by atoms with Crippen molar-refractivity contribution in [2.75, 3.05) is 32.1 Å². The molecule has 33 heavy (non-hydrogen) atoms. The largest absolute Gasteiger partial charge is 0.434 e. The Kier molecular flexibility index (Phi) is 6.33. The highest BCUT2D eigenvalue weighted by molar-refractivity contribution is 5.94. The molecule has 0 aliphatic carbocycles. The Morgan fingerprint density at radius 2 is 1.94 bits per heavy atom. The van der Waals surface area contributed by atoms with Crippen molar-refractivity contribution in [1.29, 1.82) is 0 Å². The van der Waals surface area contributed by atoms with Crippen LogP contribution < -0.4 is 15.0 Å². The van der Waals surface area contributed by atoms with E-state index in [2.05, 4.69) is 15.1 Å². The van der Waals surface area contributed by atoms with Crippen molar-refractivity contribution in [3.8, 4) is 5.75 Å². The fourth-order valence-electron chi connectivity index (χ4n) is 4.40. The third-order valence-electron chi connectivity index (χ3n) is 6.59. The Balaban J connectivity index is 1.50. The van der Waals surface area contributed by atoms with Crippen LogP contribution in [0.5, 0.6) is 5.75 Å². The van der Waals surface area contributed by atoms with Crippen molar-refractivity contribution < 1.29 is 23.0 Å². The zero-order chi connectivity index (χ0) is 23.9. The number of rotatable bonds is 7. The molecule has 8 heteroatoms. The van der Waals surface area contributed by atoms with Crippen LogP contribution in [0.4, 0.5) is 14.5 Å². The lowest BCUT2D eigenvalue weighted by atomic mass is 9.94. The second-order valence-electron chi connectivity index (χ2n) is 9.49. The average Bonchev–Trinajstić information content (AvgIpc) is 3.00. The highest BCUT2D eigenvalue weighted by Crippen LogP contribution is 2.37. The molecular formula is C25H31F2N3O3. The van der Waals surface area contributed by atoms with Crippen LogP contribution in [-0.4, -0.2) is 50.6 Å². The number of fused-ring (bicyclic) bond motifs is 1. The molecule has 0 unspecified atom stereocenters. The van der Waals surface area contributed by atoms with E-state index >= 15 is 0 Å². The number of likely N-dealkylation sites (N-methyl/N-ethyl adjacent to an activating group) is 1. The molecule has 1 fully saturated rings. The highest BCUT2D eigenvalue weighted by atomic mass is 19.3. The van der Waals surface area contributed by atoms with Crippen LogP contribution in [0.2, 0.25) is 0 Å². The van der Waals surface area contributed by atoms with Gasteiger partial charge in [-0.2, -0.15) is 8.78 Å². The minimum Gasteiger partial charge on any atom is -0.434 e. The van der Waals surface area contributed by atoms with Crippen molar-refractivity contribution in [3.63, 3.8) is 0 Å². The van der Waals surface area contributed by atoms with E-state index in [0.29, 0.717) is 23.8 Å². The van der Waals surface area contributed by atoms with E-state index in [9.17, 15) is 13.6 Å². The molecule has 2 aliphatic heterocycles. The van der Waals surface area contributed by atoms with E-state index in [4.69, 9.17) is 9.47 Å². The van der Waals surface area contributed by atoms with Gasteiger partial charge in [0, 0.05) is 42.0 Å². The summed E-state index contributed by atoms with van der Waals surface area (Å²) in [4.78, 5) is 17.2. The van der Waals surface area contributed by atoms with Gasteiger partial charge in [-0.1, -0.05) is 12.1 Å². The summed E-state index contributed by atoms with van der Waals surface area (Å²) >= 11 is 0. The first-order chi connectivity index (χ1) is 15.5. The average molecular weight is 460 g/mol. The maximum atomic E-state index is 13.1. The topological polar surface area (TPSA) is 54.0 Å². The van der Waals surface area contributed by atoms with E-state index in [-0.39, 0.29) is 17.3 Å². The number of halogens is 2. The fraction of sp³-hybridized carbons (Fsp3) is 0.480. The Morgan fingerprint density at radius 1 is 1.21 bits per heavy atom. The van der Waals surface area contributed by atoms with Gasteiger partial charge in [0.05, 0.1) is 18.2 Å². The van der Waals surface area contributed by atoms with Gasteiger partial charge < -0.3 is 24.6 Å². The standard InChI is InChI=1S/C25H31F2N3O3/c1-15(28-23(31)16-6-9-21-17(10-16)14-32-25(21,2)3)20-8-7-18(11-22(20)33-24(26)27)30-12-19(13-30)29(4)5/h6-11,15,19,24H,12-14H2,1-5H3,(H,28,31)/t15-/m0/s1. The molecule has 6 nitrogen and oxygen atoms in total. The summed E-state index contributed by atoms with van der Waals surface area (Å²) in [5, 5.41) is 2.91. The smallest absolute Gasteiger partial charge is 0.387 e. The maximum Gasteiger partial charge on any atom is 0.387 e. The summed E-state index contributed by atoms with van der Waals surface area (Å²) in [5.74, 6) is -0.202. The predicted molar refractivity (Wildman–Crippen MR) is 123 cm³/mol. The molecule has 2 heterocycles. The van der Waals surface area contributed by atoms with Gasteiger partial charge >= 0.3 is 6.61 Å². The number of hydrogen-bond acceptors (Lipinski definition) is 5. The van der Waals surface area contributed by atoms with E-state index < -0.39 is 12.7 Å². The Bertz CT molecular complexity index is 1040. The van der Waals surface area contributed by atoms with Gasteiger partial charge in [-0.3, -0.25) is 4.79 Å². The maximum absolute atomic E-state index is 13.1. The molecule has 1 N–H and O–H groups in total. The summed E-state index contributed by atoms with van der Waals surface area (Å²) in [7, 11) is 4.05.